The Kier molecular flexibility index (Phi) is 7.77. The molecule has 0 saturated heterocycles. The van der Waals surface area contributed by atoms with E-state index in [1.165, 1.54) is 0 Å². The molecule has 1 unspecified atom stereocenters. The number of carbonyl (C=O) groups is 2. The summed E-state index contributed by atoms with van der Waals surface area (Å²) in [6.45, 7) is 2.06. The number of phenolic OH excluding ortho intramolecular Hbond substituents is 1. The Morgan fingerprint density at radius 3 is 2.41 bits per heavy atom. The maximum atomic E-state index is 13.7. The normalized spacial score (nSPS) is 20.6. The second-order valence-electron chi connectivity index (χ2n) is 9.79. The Hall–Kier alpha value is -4.39. The molecule has 1 heterocycles. The van der Waals surface area contributed by atoms with Gasteiger partial charge < -0.3 is 19.3 Å². The van der Waals surface area contributed by atoms with E-state index in [1.54, 1.807) is 32.2 Å². The van der Waals surface area contributed by atoms with Crippen LogP contribution in [-0.2, 0) is 14.3 Å². The van der Waals surface area contributed by atoms with Gasteiger partial charge in [-0.2, -0.15) is 0 Å². The van der Waals surface area contributed by atoms with Gasteiger partial charge in [0.1, 0.15) is 36.4 Å². The third-order valence-electron chi connectivity index (χ3n) is 7.30. The number of aliphatic imine (C=N–C) groups is 1. The fraction of sp³-hybridized carbons (Fsp3) is 0.281. The van der Waals surface area contributed by atoms with Crippen LogP contribution in [0.1, 0.15) is 42.7 Å². The average Bonchev–Trinajstić information content (AvgIpc) is 2.95. The predicted octanol–water partition coefficient (Wildman–Crippen LogP) is 5.60. The minimum Gasteiger partial charge on any atom is -0.508 e. The van der Waals surface area contributed by atoms with Crippen LogP contribution in [0, 0.1) is 5.92 Å². The number of para-hydroxylation sites is 1. The zero-order valence-electron chi connectivity index (χ0n) is 22.0. The highest BCUT2D eigenvalue weighted by Gasteiger charge is 2.44. The number of Topliss-reactive ketones (excluding diaryl/α,β-unsaturated/α-hetero) is 1. The summed E-state index contributed by atoms with van der Waals surface area (Å²) in [5.41, 5.74) is 3.51. The van der Waals surface area contributed by atoms with Crippen molar-refractivity contribution in [1.82, 2.24) is 0 Å². The molecule has 5 rings (SSSR count). The monoisotopic (exact) mass is 525 g/mol. The van der Waals surface area contributed by atoms with Gasteiger partial charge in [-0.25, -0.2) is 0 Å². The molecule has 39 heavy (non-hydrogen) atoms. The Morgan fingerprint density at radius 2 is 1.69 bits per heavy atom. The molecule has 0 fully saturated rings. The smallest absolute Gasteiger partial charge is 0.315 e. The van der Waals surface area contributed by atoms with Crippen LogP contribution in [0.4, 0.5) is 0 Å². The molecule has 0 saturated carbocycles. The van der Waals surface area contributed by atoms with Gasteiger partial charge in [0, 0.05) is 29.3 Å². The summed E-state index contributed by atoms with van der Waals surface area (Å²) in [5, 5.41) is 10.2. The molecule has 3 atom stereocenters. The van der Waals surface area contributed by atoms with Crippen molar-refractivity contribution in [3.05, 3.63) is 101 Å². The first-order chi connectivity index (χ1) is 18.9. The van der Waals surface area contributed by atoms with E-state index in [2.05, 4.69) is 0 Å². The second-order valence-corrected chi connectivity index (χ2v) is 9.79. The zero-order valence-corrected chi connectivity index (χ0v) is 22.0. The highest BCUT2D eigenvalue weighted by molar-refractivity contribution is 6.09. The van der Waals surface area contributed by atoms with E-state index < -0.39 is 17.8 Å². The third kappa shape index (κ3) is 5.72. The zero-order chi connectivity index (χ0) is 27.4. The standard InChI is InChI=1S/C32H31NO6/c1-20-29(32(36)39-16-15-38-26-9-4-3-5-10-26)30(22-7-6-8-24(34)17-22)31-27(33-20)18-23(19-28(31)35)21-11-13-25(37-2)14-12-21/h3-14,17,23,29-30,34H,15-16,18-19H2,1-2H3/t23-,29?,30-/m0/s1. The Morgan fingerprint density at radius 1 is 0.923 bits per heavy atom. The van der Waals surface area contributed by atoms with Crippen LogP contribution >= 0.6 is 0 Å². The molecule has 0 radical (unpaired) electrons. The number of hydrogen-bond acceptors (Lipinski definition) is 7. The molecule has 1 aliphatic carbocycles. The maximum absolute atomic E-state index is 13.7. The van der Waals surface area contributed by atoms with E-state index in [0.29, 0.717) is 41.1 Å². The Labute approximate surface area is 227 Å². The van der Waals surface area contributed by atoms with Gasteiger partial charge in [0.15, 0.2) is 5.78 Å². The minimum absolute atomic E-state index is 0.0258. The minimum atomic E-state index is -0.788. The van der Waals surface area contributed by atoms with Crippen molar-refractivity contribution in [3.63, 3.8) is 0 Å². The van der Waals surface area contributed by atoms with Gasteiger partial charge in [-0.05, 0) is 66.8 Å². The molecular weight excluding hydrogens is 494 g/mol. The number of phenols is 1. The van der Waals surface area contributed by atoms with E-state index in [9.17, 15) is 14.7 Å². The van der Waals surface area contributed by atoms with Gasteiger partial charge in [-0.3, -0.25) is 14.6 Å². The topological polar surface area (TPSA) is 94.4 Å². The lowest BCUT2D eigenvalue weighted by atomic mass is 9.69. The lowest BCUT2D eigenvalue weighted by Gasteiger charge is -2.36. The fourth-order valence-electron chi connectivity index (χ4n) is 5.46. The van der Waals surface area contributed by atoms with Gasteiger partial charge in [-0.15, -0.1) is 0 Å². The Balaban J connectivity index is 1.41. The first kappa shape index (κ1) is 26.2. The third-order valence-corrected chi connectivity index (χ3v) is 7.30. The van der Waals surface area contributed by atoms with Crippen molar-refractivity contribution in [2.75, 3.05) is 20.3 Å². The summed E-state index contributed by atoms with van der Waals surface area (Å²) in [5.74, 6) is -0.424. The van der Waals surface area contributed by atoms with Crippen LogP contribution in [0.15, 0.2) is 95.1 Å². The van der Waals surface area contributed by atoms with Crippen LogP contribution < -0.4 is 9.47 Å². The summed E-state index contributed by atoms with van der Waals surface area (Å²) in [6, 6.07) is 23.8. The summed E-state index contributed by atoms with van der Waals surface area (Å²) in [6.07, 6.45) is 0.883. The SMILES string of the molecule is COc1ccc([C@@H]2CC(=O)C3=C(C2)N=C(C)C(C(=O)OCCOc2ccccc2)[C@@H]3c2cccc(O)c2)cc1. The number of benzene rings is 3. The number of carbonyl (C=O) groups excluding carboxylic acids is 2. The number of rotatable bonds is 8. The van der Waals surface area contributed by atoms with E-state index >= 15 is 0 Å². The van der Waals surface area contributed by atoms with Crippen molar-refractivity contribution in [3.8, 4) is 17.2 Å². The lowest BCUT2D eigenvalue weighted by Crippen LogP contribution is -2.38. The number of ether oxygens (including phenoxy) is 3. The molecule has 7 heteroatoms. The molecule has 200 valence electrons. The highest BCUT2D eigenvalue weighted by Crippen LogP contribution is 2.47. The number of ketones is 1. The van der Waals surface area contributed by atoms with Crippen LogP contribution in [-0.4, -0.2) is 42.9 Å². The molecular formula is C32H31NO6. The van der Waals surface area contributed by atoms with Crippen molar-refractivity contribution < 1.29 is 28.9 Å². The quantitative estimate of drug-likeness (QED) is 0.304. The van der Waals surface area contributed by atoms with Crippen molar-refractivity contribution in [2.45, 2.75) is 31.6 Å². The molecule has 2 aliphatic rings. The second kappa shape index (κ2) is 11.6. The van der Waals surface area contributed by atoms with Crippen molar-refractivity contribution in [1.29, 1.82) is 0 Å². The maximum Gasteiger partial charge on any atom is 0.315 e. The molecule has 0 aromatic heterocycles. The van der Waals surface area contributed by atoms with E-state index in [-0.39, 0.29) is 30.7 Å². The number of aromatic hydroxyl groups is 1. The molecule has 3 aromatic carbocycles. The lowest BCUT2D eigenvalue weighted by molar-refractivity contribution is -0.147. The molecule has 7 nitrogen and oxygen atoms in total. The summed E-state index contributed by atoms with van der Waals surface area (Å²) < 4.78 is 16.6. The van der Waals surface area contributed by atoms with E-state index in [0.717, 1.165) is 11.3 Å². The van der Waals surface area contributed by atoms with Gasteiger partial charge in [-0.1, -0.05) is 42.5 Å². The molecule has 1 aliphatic heterocycles. The van der Waals surface area contributed by atoms with Crippen LogP contribution in [0.2, 0.25) is 0 Å². The van der Waals surface area contributed by atoms with Crippen molar-refractivity contribution in [2.24, 2.45) is 10.9 Å². The first-order valence-electron chi connectivity index (χ1n) is 13.0. The average molecular weight is 526 g/mol. The summed E-state index contributed by atoms with van der Waals surface area (Å²) in [4.78, 5) is 32.0. The predicted molar refractivity (Wildman–Crippen MR) is 147 cm³/mol. The summed E-state index contributed by atoms with van der Waals surface area (Å²) in [7, 11) is 1.62. The largest absolute Gasteiger partial charge is 0.508 e. The fourth-order valence-corrected chi connectivity index (χ4v) is 5.46. The van der Waals surface area contributed by atoms with Gasteiger partial charge in [0.05, 0.1) is 7.11 Å². The van der Waals surface area contributed by atoms with E-state index in [1.807, 2.05) is 60.7 Å². The first-order valence-corrected chi connectivity index (χ1v) is 13.0. The van der Waals surface area contributed by atoms with Gasteiger partial charge >= 0.3 is 5.97 Å². The number of methoxy groups -OCH3 is 1. The number of nitrogens with zero attached hydrogens (tertiary/aromatic N) is 1. The number of allylic oxidation sites excluding steroid dienone is 2. The number of esters is 1. The van der Waals surface area contributed by atoms with Crippen LogP contribution in [0.5, 0.6) is 17.2 Å². The van der Waals surface area contributed by atoms with Gasteiger partial charge in [0.25, 0.3) is 0 Å². The summed E-state index contributed by atoms with van der Waals surface area (Å²) >= 11 is 0. The molecule has 0 amide bonds. The van der Waals surface area contributed by atoms with Crippen LogP contribution in [0.3, 0.4) is 0 Å². The molecule has 0 bridgehead atoms. The van der Waals surface area contributed by atoms with Gasteiger partial charge in [0.2, 0.25) is 0 Å². The van der Waals surface area contributed by atoms with Crippen LogP contribution in [0.25, 0.3) is 0 Å². The molecule has 1 N–H and O–H groups in total. The van der Waals surface area contributed by atoms with E-state index in [4.69, 9.17) is 19.2 Å². The molecule has 3 aromatic rings. The highest BCUT2D eigenvalue weighted by atomic mass is 16.6. The van der Waals surface area contributed by atoms with Crippen molar-refractivity contribution >= 4 is 17.5 Å². The Bertz CT molecular complexity index is 1410. The molecule has 0 spiro atoms. The number of hydrogen-bond donors (Lipinski definition) is 1.